The van der Waals surface area contributed by atoms with E-state index in [1.54, 1.807) is 12.3 Å². The maximum absolute atomic E-state index is 12.2. The van der Waals surface area contributed by atoms with Crippen molar-refractivity contribution in [2.24, 2.45) is 10.2 Å². The van der Waals surface area contributed by atoms with E-state index in [-0.39, 0.29) is 10.6 Å². The molecule has 0 bridgehead atoms. The van der Waals surface area contributed by atoms with E-state index in [4.69, 9.17) is 0 Å². The standard InChI is InChI=1S/C14H13N5O3S2/c1-19(2)24(21,22)12-8-9(5-6-11(12)20)16-17-14-10-4-3-7-15-13(10)18-23-14/h3-8,20H,1-2H3/b17-16+. The van der Waals surface area contributed by atoms with Crippen LogP contribution in [-0.4, -0.2) is 41.3 Å². The lowest BCUT2D eigenvalue weighted by Gasteiger charge is -2.12. The molecule has 0 aliphatic carbocycles. The molecule has 24 heavy (non-hydrogen) atoms. The van der Waals surface area contributed by atoms with Gasteiger partial charge in [-0.25, -0.2) is 17.7 Å². The fourth-order valence-corrected chi connectivity index (χ4v) is 3.56. The summed E-state index contributed by atoms with van der Waals surface area (Å²) in [6.45, 7) is 0. The number of aromatic hydroxyl groups is 1. The van der Waals surface area contributed by atoms with Crippen LogP contribution in [0.2, 0.25) is 0 Å². The van der Waals surface area contributed by atoms with E-state index in [9.17, 15) is 13.5 Å². The summed E-state index contributed by atoms with van der Waals surface area (Å²) >= 11 is 1.15. The molecule has 0 amide bonds. The van der Waals surface area contributed by atoms with Gasteiger partial charge in [0.2, 0.25) is 10.0 Å². The van der Waals surface area contributed by atoms with Crippen LogP contribution in [0.4, 0.5) is 10.7 Å². The number of pyridine rings is 1. The van der Waals surface area contributed by atoms with E-state index >= 15 is 0 Å². The number of hydrogen-bond acceptors (Lipinski definition) is 8. The molecule has 0 fully saturated rings. The van der Waals surface area contributed by atoms with Gasteiger partial charge in [0, 0.05) is 20.3 Å². The van der Waals surface area contributed by atoms with Gasteiger partial charge in [0.1, 0.15) is 10.6 Å². The lowest BCUT2D eigenvalue weighted by atomic mass is 10.3. The number of nitrogens with zero attached hydrogens (tertiary/aromatic N) is 5. The van der Waals surface area contributed by atoms with Crippen molar-refractivity contribution in [1.82, 2.24) is 13.7 Å². The molecule has 0 saturated heterocycles. The van der Waals surface area contributed by atoms with Crippen LogP contribution in [0, 0.1) is 0 Å². The normalized spacial score (nSPS) is 12.5. The minimum Gasteiger partial charge on any atom is -0.507 e. The number of hydrogen-bond donors (Lipinski definition) is 1. The number of sulfonamides is 1. The van der Waals surface area contributed by atoms with Gasteiger partial charge >= 0.3 is 0 Å². The Kier molecular flexibility index (Phi) is 4.26. The van der Waals surface area contributed by atoms with Gasteiger partial charge in [-0.1, -0.05) is 0 Å². The monoisotopic (exact) mass is 363 g/mol. The predicted molar refractivity (Wildman–Crippen MR) is 90.6 cm³/mol. The first-order chi connectivity index (χ1) is 11.4. The second kappa shape index (κ2) is 6.23. The van der Waals surface area contributed by atoms with Crippen molar-refractivity contribution >= 4 is 43.3 Å². The number of fused-ring (bicyclic) bond motifs is 1. The lowest BCUT2D eigenvalue weighted by molar-refractivity contribution is 0.452. The fourth-order valence-electron chi connectivity index (χ4n) is 1.92. The molecule has 0 aliphatic rings. The number of phenolic OH excluding ortho intramolecular Hbond substituents is 1. The third-order valence-corrected chi connectivity index (χ3v) is 5.78. The summed E-state index contributed by atoms with van der Waals surface area (Å²) < 4.78 is 29.6. The summed E-state index contributed by atoms with van der Waals surface area (Å²) in [5, 5.41) is 19.3. The van der Waals surface area contributed by atoms with Gasteiger partial charge in [0.15, 0.2) is 10.6 Å². The highest BCUT2D eigenvalue weighted by atomic mass is 32.2. The zero-order valence-corrected chi connectivity index (χ0v) is 14.4. The van der Waals surface area contributed by atoms with Gasteiger partial charge in [0.05, 0.1) is 11.1 Å². The van der Waals surface area contributed by atoms with E-state index in [2.05, 4.69) is 19.6 Å². The highest BCUT2D eigenvalue weighted by Crippen LogP contribution is 2.33. The number of phenols is 1. The topological polar surface area (TPSA) is 108 Å². The van der Waals surface area contributed by atoms with Gasteiger partial charge in [-0.2, -0.15) is 4.37 Å². The molecule has 124 valence electrons. The highest BCUT2D eigenvalue weighted by Gasteiger charge is 2.21. The summed E-state index contributed by atoms with van der Waals surface area (Å²) in [6.07, 6.45) is 1.64. The highest BCUT2D eigenvalue weighted by molar-refractivity contribution is 7.89. The van der Waals surface area contributed by atoms with Crippen LogP contribution in [-0.2, 0) is 10.0 Å². The molecule has 2 heterocycles. The summed E-state index contributed by atoms with van der Waals surface area (Å²) in [7, 11) is -0.998. The summed E-state index contributed by atoms with van der Waals surface area (Å²) in [5.74, 6) is -0.338. The minimum absolute atomic E-state index is 0.222. The van der Waals surface area contributed by atoms with Crippen LogP contribution in [0.3, 0.4) is 0 Å². The molecule has 0 spiro atoms. The Morgan fingerprint density at radius 3 is 2.75 bits per heavy atom. The van der Waals surface area contributed by atoms with Crippen molar-refractivity contribution in [2.75, 3.05) is 14.1 Å². The Morgan fingerprint density at radius 1 is 1.21 bits per heavy atom. The Bertz CT molecular complexity index is 1030. The van der Waals surface area contributed by atoms with Crippen molar-refractivity contribution < 1.29 is 13.5 Å². The van der Waals surface area contributed by atoms with Crippen LogP contribution in [0.15, 0.2) is 51.7 Å². The maximum Gasteiger partial charge on any atom is 0.246 e. The molecule has 8 nitrogen and oxygen atoms in total. The van der Waals surface area contributed by atoms with Gasteiger partial charge in [-0.05, 0) is 41.9 Å². The van der Waals surface area contributed by atoms with E-state index in [1.165, 1.54) is 32.3 Å². The zero-order valence-electron chi connectivity index (χ0n) is 12.8. The average molecular weight is 363 g/mol. The Balaban J connectivity index is 1.99. The quantitative estimate of drug-likeness (QED) is 0.717. The van der Waals surface area contributed by atoms with Crippen LogP contribution >= 0.6 is 11.5 Å². The zero-order chi connectivity index (χ0) is 17.3. The number of aromatic nitrogens is 2. The molecule has 0 atom stereocenters. The molecular weight excluding hydrogens is 350 g/mol. The molecule has 0 aliphatic heterocycles. The third-order valence-electron chi connectivity index (χ3n) is 3.19. The number of rotatable bonds is 4. The summed E-state index contributed by atoms with van der Waals surface area (Å²) in [6, 6.07) is 7.64. The number of benzene rings is 1. The van der Waals surface area contributed by atoms with Crippen LogP contribution < -0.4 is 0 Å². The predicted octanol–water partition coefficient (Wildman–Crippen LogP) is 3.06. The molecule has 3 rings (SSSR count). The fraction of sp³-hybridized carbons (Fsp3) is 0.143. The maximum atomic E-state index is 12.2. The molecule has 0 saturated carbocycles. The minimum atomic E-state index is -3.77. The SMILES string of the molecule is CN(C)S(=O)(=O)c1cc(/N=N/c2snc3ncccc23)ccc1O. The molecular formula is C14H13N5O3S2. The van der Waals surface area contributed by atoms with E-state index < -0.39 is 10.0 Å². The molecule has 2 aromatic heterocycles. The molecule has 1 N–H and O–H groups in total. The lowest BCUT2D eigenvalue weighted by Crippen LogP contribution is -2.22. The Morgan fingerprint density at radius 2 is 2.00 bits per heavy atom. The first-order valence-electron chi connectivity index (χ1n) is 6.77. The van der Waals surface area contributed by atoms with E-state index in [0.29, 0.717) is 16.3 Å². The first kappa shape index (κ1) is 16.4. The van der Waals surface area contributed by atoms with Crippen LogP contribution in [0.5, 0.6) is 5.75 Å². The number of azo groups is 1. The molecule has 0 radical (unpaired) electrons. The second-order valence-corrected chi connectivity index (χ2v) is 7.87. The van der Waals surface area contributed by atoms with E-state index in [1.807, 2.05) is 6.07 Å². The Hall–Kier alpha value is -2.43. The third kappa shape index (κ3) is 2.98. The molecule has 3 aromatic rings. The second-order valence-electron chi connectivity index (χ2n) is 5.00. The van der Waals surface area contributed by atoms with Gasteiger partial charge in [0.25, 0.3) is 0 Å². The first-order valence-corrected chi connectivity index (χ1v) is 8.98. The van der Waals surface area contributed by atoms with Crippen molar-refractivity contribution in [1.29, 1.82) is 0 Å². The van der Waals surface area contributed by atoms with Crippen molar-refractivity contribution in [3.05, 3.63) is 36.5 Å². The molecule has 10 heteroatoms. The Labute approximate surface area is 142 Å². The average Bonchev–Trinajstić information content (AvgIpc) is 2.97. The molecule has 1 aromatic carbocycles. The largest absolute Gasteiger partial charge is 0.507 e. The summed E-state index contributed by atoms with van der Waals surface area (Å²) in [5.41, 5.74) is 0.886. The van der Waals surface area contributed by atoms with Crippen molar-refractivity contribution in [3.63, 3.8) is 0 Å². The van der Waals surface area contributed by atoms with Crippen LogP contribution in [0.1, 0.15) is 0 Å². The van der Waals surface area contributed by atoms with E-state index in [0.717, 1.165) is 21.2 Å². The smallest absolute Gasteiger partial charge is 0.246 e. The molecule has 0 unspecified atom stereocenters. The van der Waals surface area contributed by atoms with Crippen molar-refractivity contribution in [3.8, 4) is 5.75 Å². The van der Waals surface area contributed by atoms with Gasteiger partial charge in [-0.15, -0.1) is 10.2 Å². The summed E-state index contributed by atoms with van der Waals surface area (Å²) in [4.78, 5) is 3.89. The van der Waals surface area contributed by atoms with Gasteiger partial charge in [-0.3, -0.25) is 0 Å². The van der Waals surface area contributed by atoms with Crippen molar-refractivity contribution in [2.45, 2.75) is 4.90 Å². The van der Waals surface area contributed by atoms with Crippen LogP contribution in [0.25, 0.3) is 11.0 Å². The van der Waals surface area contributed by atoms with Gasteiger partial charge < -0.3 is 5.11 Å².